The number of nitrogens with zero attached hydrogens (tertiary/aromatic N) is 2. The van der Waals surface area contributed by atoms with Crippen molar-refractivity contribution in [3.8, 4) is 0 Å². The summed E-state index contributed by atoms with van der Waals surface area (Å²) in [5.41, 5.74) is 9.40. The Morgan fingerprint density at radius 1 is 1.08 bits per heavy atom. The lowest BCUT2D eigenvalue weighted by atomic mass is 10.1. The Morgan fingerprint density at radius 3 is 2.52 bits per heavy atom. The first-order valence-corrected chi connectivity index (χ1v) is 8.02. The molecular weight excluding hydrogens is 341 g/mol. The highest BCUT2D eigenvalue weighted by atomic mass is 35.5. The molecule has 0 spiro atoms. The van der Waals surface area contributed by atoms with Crippen LogP contribution in [0.15, 0.2) is 48.8 Å². The summed E-state index contributed by atoms with van der Waals surface area (Å²) in [6, 6.07) is 12.5. The molecular formula is C18H17ClFN5. The summed E-state index contributed by atoms with van der Waals surface area (Å²) in [7, 11) is 0. The smallest absolute Gasteiger partial charge is 0.159 e. The second-order valence-electron chi connectivity index (χ2n) is 5.58. The molecule has 4 N–H and O–H groups in total. The number of aryl methyl sites for hydroxylation is 1. The van der Waals surface area contributed by atoms with E-state index >= 15 is 0 Å². The van der Waals surface area contributed by atoms with Gasteiger partial charge in [-0.15, -0.1) is 0 Å². The third kappa shape index (κ3) is 4.16. The molecule has 0 saturated heterocycles. The van der Waals surface area contributed by atoms with E-state index in [4.69, 9.17) is 17.3 Å². The molecule has 0 unspecified atom stereocenters. The normalized spacial score (nSPS) is 10.5. The minimum absolute atomic E-state index is 0.0235. The van der Waals surface area contributed by atoms with E-state index in [1.807, 2.05) is 31.2 Å². The topological polar surface area (TPSA) is 75.9 Å². The standard InChI is InChI=1S/C18H17ClFN5/c1-11-2-4-12(5-3-11)9-22-17-16(21)18(24-10-23-17)25-13-6-7-15(20)14(19)8-13/h2-8,10H,9,21H2,1H3,(H2,22,23,24,25). The highest BCUT2D eigenvalue weighted by Crippen LogP contribution is 2.28. The molecule has 0 fully saturated rings. The number of anilines is 4. The van der Waals surface area contributed by atoms with Crippen molar-refractivity contribution in [3.05, 3.63) is 70.8 Å². The van der Waals surface area contributed by atoms with E-state index in [9.17, 15) is 4.39 Å². The summed E-state index contributed by atoms with van der Waals surface area (Å²) in [5, 5.41) is 6.24. The zero-order valence-electron chi connectivity index (χ0n) is 13.6. The molecule has 0 bridgehead atoms. The van der Waals surface area contributed by atoms with Crippen LogP contribution in [0.4, 0.5) is 27.4 Å². The van der Waals surface area contributed by atoms with Gasteiger partial charge in [0.2, 0.25) is 0 Å². The van der Waals surface area contributed by atoms with Gasteiger partial charge in [-0.2, -0.15) is 0 Å². The van der Waals surface area contributed by atoms with E-state index in [1.165, 1.54) is 24.0 Å². The molecule has 0 atom stereocenters. The third-order valence-corrected chi connectivity index (χ3v) is 3.94. The molecule has 0 amide bonds. The predicted octanol–water partition coefficient (Wildman–Crippen LogP) is 4.52. The summed E-state index contributed by atoms with van der Waals surface area (Å²) >= 11 is 5.79. The number of aromatic nitrogens is 2. The van der Waals surface area contributed by atoms with Gasteiger partial charge in [0, 0.05) is 12.2 Å². The molecule has 2 aromatic carbocycles. The predicted molar refractivity (Wildman–Crippen MR) is 99.6 cm³/mol. The van der Waals surface area contributed by atoms with Gasteiger partial charge < -0.3 is 16.4 Å². The minimum Gasteiger partial charge on any atom is -0.393 e. The van der Waals surface area contributed by atoms with E-state index in [2.05, 4.69) is 20.6 Å². The largest absolute Gasteiger partial charge is 0.393 e. The average Bonchev–Trinajstić information content (AvgIpc) is 2.60. The fraction of sp³-hybridized carbons (Fsp3) is 0.111. The molecule has 1 heterocycles. The number of halogens is 2. The van der Waals surface area contributed by atoms with Crippen molar-refractivity contribution in [2.75, 3.05) is 16.4 Å². The first-order valence-electron chi connectivity index (χ1n) is 7.65. The van der Waals surface area contributed by atoms with Gasteiger partial charge in [0.15, 0.2) is 11.6 Å². The Bertz CT molecular complexity index is 883. The van der Waals surface area contributed by atoms with Crippen molar-refractivity contribution >= 4 is 34.6 Å². The molecule has 128 valence electrons. The van der Waals surface area contributed by atoms with Gasteiger partial charge in [-0.3, -0.25) is 0 Å². The molecule has 3 rings (SSSR count). The van der Waals surface area contributed by atoms with Crippen molar-refractivity contribution < 1.29 is 4.39 Å². The van der Waals surface area contributed by atoms with Gasteiger partial charge in [-0.1, -0.05) is 41.4 Å². The average molecular weight is 358 g/mol. The van der Waals surface area contributed by atoms with Crippen LogP contribution in [-0.4, -0.2) is 9.97 Å². The Hall–Kier alpha value is -2.86. The molecule has 25 heavy (non-hydrogen) atoms. The molecule has 5 nitrogen and oxygen atoms in total. The molecule has 0 aliphatic heterocycles. The van der Waals surface area contributed by atoms with E-state index in [0.717, 1.165) is 5.56 Å². The third-order valence-electron chi connectivity index (χ3n) is 3.65. The summed E-state index contributed by atoms with van der Waals surface area (Å²) in [6.45, 7) is 2.63. The Balaban J connectivity index is 1.75. The number of rotatable bonds is 5. The number of benzene rings is 2. The molecule has 0 aliphatic rings. The summed E-state index contributed by atoms with van der Waals surface area (Å²) in [5.74, 6) is 0.457. The van der Waals surface area contributed by atoms with Crippen LogP contribution in [0.1, 0.15) is 11.1 Å². The zero-order valence-corrected chi connectivity index (χ0v) is 14.3. The van der Waals surface area contributed by atoms with Crippen molar-refractivity contribution in [2.24, 2.45) is 0 Å². The second-order valence-corrected chi connectivity index (χ2v) is 5.98. The van der Waals surface area contributed by atoms with Crippen molar-refractivity contribution in [1.29, 1.82) is 0 Å². The highest BCUT2D eigenvalue weighted by molar-refractivity contribution is 6.31. The minimum atomic E-state index is -0.483. The van der Waals surface area contributed by atoms with Crippen molar-refractivity contribution in [2.45, 2.75) is 13.5 Å². The van der Waals surface area contributed by atoms with E-state index in [0.29, 0.717) is 29.6 Å². The van der Waals surface area contributed by atoms with Gasteiger partial charge in [-0.25, -0.2) is 14.4 Å². The van der Waals surface area contributed by atoms with E-state index in [-0.39, 0.29) is 5.02 Å². The summed E-state index contributed by atoms with van der Waals surface area (Å²) in [6.07, 6.45) is 1.40. The van der Waals surface area contributed by atoms with Crippen LogP contribution in [0.25, 0.3) is 0 Å². The monoisotopic (exact) mass is 357 g/mol. The molecule has 0 radical (unpaired) electrons. The maximum Gasteiger partial charge on any atom is 0.159 e. The van der Waals surface area contributed by atoms with E-state index < -0.39 is 5.82 Å². The van der Waals surface area contributed by atoms with Gasteiger partial charge in [0.25, 0.3) is 0 Å². The first kappa shape index (κ1) is 17.0. The number of hydrogen-bond donors (Lipinski definition) is 3. The van der Waals surface area contributed by atoms with Crippen LogP contribution in [-0.2, 0) is 6.54 Å². The fourth-order valence-electron chi connectivity index (χ4n) is 2.24. The highest BCUT2D eigenvalue weighted by Gasteiger charge is 2.09. The molecule has 3 aromatic rings. The van der Waals surface area contributed by atoms with Gasteiger partial charge in [0.05, 0.1) is 5.02 Å². The quantitative estimate of drug-likeness (QED) is 0.626. The molecule has 1 aromatic heterocycles. The van der Waals surface area contributed by atoms with Crippen molar-refractivity contribution in [1.82, 2.24) is 9.97 Å². The van der Waals surface area contributed by atoms with Crippen LogP contribution < -0.4 is 16.4 Å². The SMILES string of the molecule is Cc1ccc(CNc2ncnc(Nc3ccc(F)c(Cl)c3)c2N)cc1. The number of hydrogen-bond acceptors (Lipinski definition) is 5. The van der Waals surface area contributed by atoms with Crippen LogP contribution in [0.2, 0.25) is 5.02 Å². The van der Waals surface area contributed by atoms with E-state index in [1.54, 1.807) is 6.07 Å². The fourth-order valence-corrected chi connectivity index (χ4v) is 2.42. The lowest BCUT2D eigenvalue weighted by Crippen LogP contribution is -2.08. The van der Waals surface area contributed by atoms with Crippen molar-refractivity contribution in [3.63, 3.8) is 0 Å². The van der Waals surface area contributed by atoms with Crippen LogP contribution in [0, 0.1) is 12.7 Å². The van der Waals surface area contributed by atoms with Gasteiger partial charge in [0.1, 0.15) is 17.8 Å². The summed E-state index contributed by atoms with van der Waals surface area (Å²) < 4.78 is 13.2. The first-order chi connectivity index (χ1) is 12.0. The Morgan fingerprint density at radius 2 is 1.80 bits per heavy atom. The maximum absolute atomic E-state index is 13.2. The second kappa shape index (κ2) is 7.36. The molecule has 0 saturated carbocycles. The maximum atomic E-state index is 13.2. The summed E-state index contributed by atoms with van der Waals surface area (Å²) in [4.78, 5) is 8.30. The molecule has 7 heteroatoms. The lowest BCUT2D eigenvalue weighted by molar-refractivity contribution is 0.628. The van der Waals surface area contributed by atoms with Crippen LogP contribution in [0.5, 0.6) is 0 Å². The van der Waals surface area contributed by atoms with Gasteiger partial charge in [-0.05, 0) is 30.7 Å². The number of nitrogen functional groups attached to an aromatic ring is 1. The number of nitrogens with two attached hydrogens (primary N) is 1. The van der Waals surface area contributed by atoms with Gasteiger partial charge >= 0.3 is 0 Å². The van der Waals surface area contributed by atoms with Crippen LogP contribution in [0.3, 0.4) is 0 Å². The Labute approximate surface area is 150 Å². The zero-order chi connectivity index (χ0) is 17.8. The number of nitrogens with one attached hydrogen (secondary N) is 2. The lowest BCUT2D eigenvalue weighted by Gasteiger charge is -2.13. The van der Waals surface area contributed by atoms with Crippen LogP contribution >= 0.6 is 11.6 Å². The Kier molecular flexibility index (Phi) is 5.00. The molecule has 0 aliphatic carbocycles.